The van der Waals surface area contributed by atoms with Crippen molar-refractivity contribution in [1.82, 2.24) is 14.8 Å². The number of fused-ring (bicyclic) bond motifs is 1. The summed E-state index contributed by atoms with van der Waals surface area (Å²) < 4.78 is 29.2. The molecule has 2 heterocycles. The molecular formula is C14H19N3O5S. The molecule has 3 rings (SSSR count). The van der Waals surface area contributed by atoms with Crippen molar-refractivity contribution in [2.24, 2.45) is 0 Å². The molecule has 0 spiro atoms. The Morgan fingerprint density at radius 1 is 1.26 bits per heavy atom. The van der Waals surface area contributed by atoms with Gasteiger partial charge in [-0.05, 0) is 38.1 Å². The minimum Gasteiger partial charge on any atom is -0.408 e. The summed E-state index contributed by atoms with van der Waals surface area (Å²) in [7, 11) is -3.81. The smallest absolute Gasteiger partial charge is 0.408 e. The van der Waals surface area contributed by atoms with Gasteiger partial charge in [0.25, 0.3) is 10.0 Å². The summed E-state index contributed by atoms with van der Waals surface area (Å²) in [6.45, 7) is 3.02. The van der Waals surface area contributed by atoms with Crippen molar-refractivity contribution in [2.75, 3.05) is 26.2 Å². The summed E-state index contributed by atoms with van der Waals surface area (Å²) >= 11 is 0. The molecule has 0 atom stereocenters. The van der Waals surface area contributed by atoms with Crippen molar-refractivity contribution in [3.05, 3.63) is 28.7 Å². The average Bonchev–Trinajstić information content (AvgIpc) is 2.92. The van der Waals surface area contributed by atoms with Crippen molar-refractivity contribution in [3.8, 4) is 0 Å². The third kappa shape index (κ3) is 3.99. The molecule has 1 saturated heterocycles. The Bertz CT molecular complexity index is 820. The van der Waals surface area contributed by atoms with Gasteiger partial charge in [-0.1, -0.05) is 11.3 Å². The van der Waals surface area contributed by atoms with Crippen LogP contribution in [0.2, 0.25) is 0 Å². The molecule has 0 aliphatic carbocycles. The second kappa shape index (κ2) is 6.83. The second-order valence-electron chi connectivity index (χ2n) is 5.51. The lowest BCUT2D eigenvalue weighted by molar-refractivity contribution is 0.0656. The highest BCUT2D eigenvalue weighted by molar-refractivity contribution is 7.89. The largest absolute Gasteiger partial charge is 0.417 e. The number of piperidine rings is 1. The molecule has 9 heteroatoms. The van der Waals surface area contributed by atoms with E-state index in [1.807, 2.05) is 0 Å². The van der Waals surface area contributed by atoms with Crippen LogP contribution in [0.25, 0.3) is 11.1 Å². The van der Waals surface area contributed by atoms with Crippen LogP contribution in [-0.4, -0.2) is 44.5 Å². The van der Waals surface area contributed by atoms with Crippen molar-refractivity contribution in [2.45, 2.75) is 24.2 Å². The van der Waals surface area contributed by atoms with Gasteiger partial charge in [-0.15, -0.1) is 0 Å². The number of benzene rings is 1. The summed E-state index contributed by atoms with van der Waals surface area (Å²) in [5.41, 5.74) is 0.631. The van der Waals surface area contributed by atoms with Gasteiger partial charge in [-0.25, -0.2) is 13.2 Å². The number of sulfonamides is 1. The first kappa shape index (κ1) is 16.2. The molecular weight excluding hydrogens is 322 g/mol. The van der Waals surface area contributed by atoms with Crippen molar-refractivity contribution in [1.29, 1.82) is 0 Å². The third-order valence-electron chi connectivity index (χ3n) is 3.83. The maximum absolute atomic E-state index is 12.2. The lowest BCUT2D eigenvalue weighted by Crippen LogP contribution is -2.35. The fraction of sp³-hybridized carbons (Fsp3) is 0.500. The standard InChI is InChI=1S/C14H19N3O5S/c18-14-15-12-5-4-11(10-13(12)22-14)23(19,20)16-21-9-8-17-6-2-1-3-7-17/h4-5,10,16H,1-3,6-9H2,(H,15,18). The van der Waals surface area contributed by atoms with E-state index in [-0.39, 0.29) is 17.1 Å². The molecule has 2 aromatic rings. The number of likely N-dealkylation sites (tertiary alicyclic amines) is 1. The van der Waals surface area contributed by atoms with Crippen molar-refractivity contribution in [3.63, 3.8) is 0 Å². The van der Waals surface area contributed by atoms with E-state index in [9.17, 15) is 13.2 Å². The van der Waals surface area contributed by atoms with E-state index in [1.54, 1.807) is 0 Å². The topological polar surface area (TPSA) is 105 Å². The maximum Gasteiger partial charge on any atom is 0.417 e. The van der Waals surface area contributed by atoms with Gasteiger partial charge in [-0.2, -0.15) is 0 Å². The molecule has 1 fully saturated rings. The van der Waals surface area contributed by atoms with E-state index in [2.05, 4.69) is 14.8 Å². The highest BCUT2D eigenvalue weighted by Crippen LogP contribution is 2.16. The number of aromatic nitrogens is 1. The van der Waals surface area contributed by atoms with E-state index in [1.165, 1.54) is 37.5 Å². The van der Waals surface area contributed by atoms with Gasteiger partial charge in [0.15, 0.2) is 5.58 Å². The van der Waals surface area contributed by atoms with E-state index in [0.29, 0.717) is 12.1 Å². The van der Waals surface area contributed by atoms with Crippen LogP contribution in [-0.2, 0) is 14.9 Å². The molecule has 1 aromatic carbocycles. The Kier molecular flexibility index (Phi) is 4.81. The summed E-state index contributed by atoms with van der Waals surface area (Å²) in [5.74, 6) is -0.625. The van der Waals surface area contributed by atoms with E-state index in [0.717, 1.165) is 13.1 Å². The SMILES string of the molecule is O=c1[nH]c2ccc(S(=O)(=O)NOCCN3CCCCC3)cc2o1. The normalized spacial score (nSPS) is 16.9. The zero-order valence-electron chi connectivity index (χ0n) is 12.6. The molecule has 8 nitrogen and oxygen atoms in total. The fourth-order valence-electron chi connectivity index (χ4n) is 2.62. The summed E-state index contributed by atoms with van der Waals surface area (Å²) in [5, 5.41) is 0. The fourth-order valence-corrected chi connectivity index (χ4v) is 3.46. The van der Waals surface area contributed by atoms with E-state index < -0.39 is 15.8 Å². The van der Waals surface area contributed by atoms with Gasteiger partial charge >= 0.3 is 5.76 Å². The molecule has 1 aliphatic rings. The number of hydrogen-bond donors (Lipinski definition) is 2. The lowest BCUT2D eigenvalue weighted by atomic mass is 10.1. The van der Waals surface area contributed by atoms with Crippen molar-refractivity contribution < 1.29 is 17.7 Å². The minimum atomic E-state index is -3.81. The number of aromatic amines is 1. The number of nitrogens with one attached hydrogen (secondary N) is 2. The number of rotatable bonds is 6. The van der Waals surface area contributed by atoms with Crippen LogP contribution >= 0.6 is 0 Å². The van der Waals surface area contributed by atoms with Gasteiger partial charge in [0.05, 0.1) is 17.0 Å². The van der Waals surface area contributed by atoms with Gasteiger partial charge in [0, 0.05) is 12.6 Å². The average molecular weight is 341 g/mol. The number of hydrogen-bond acceptors (Lipinski definition) is 6. The first-order valence-electron chi connectivity index (χ1n) is 7.53. The van der Waals surface area contributed by atoms with Crippen LogP contribution in [0.5, 0.6) is 0 Å². The Balaban J connectivity index is 1.57. The van der Waals surface area contributed by atoms with E-state index in [4.69, 9.17) is 9.25 Å². The third-order valence-corrected chi connectivity index (χ3v) is 5.04. The first-order chi connectivity index (χ1) is 11.0. The number of H-pyrrole nitrogens is 1. The molecule has 0 saturated carbocycles. The molecule has 0 amide bonds. The van der Waals surface area contributed by atoms with Gasteiger partial charge in [0.1, 0.15) is 0 Å². The molecule has 2 N–H and O–H groups in total. The number of oxazole rings is 1. The highest BCUT2D eigenvalue weighted by atomic mass is 32.2. The van der Waals surface area contributed by atoms with Crippen LogP contribution in [0.1, 0.15) is 19.3 Å². The zero-order chi connectivity index (χ0) is 16.3. The Morgan fingerprint density at radius 2 is 2.04 bits per heavy atom. The monoisotopic (exact) mass is 341 g/mol. The minimum absolute atomic E-state index is 0.0225. The molecule has 126 valence electrons. The second-order valence-corrected chi connectivity index (χ2v) is 7.15. The maximum atomic E-state index is 12.2. The predicted octanol–water partition coefficient (Wildman–Crippen LogP) is 0.817. The van der Waals surface area contributed by atoms with Gasteiger partial charge < -0.3 is 9.32 Å². The molecule has 0 bridgehead atoms. The van der Waals surface area contributed by atoms with E-state index >= 15 is 0 Å². The van der Waals surface area contributed by atoms with Gasteiger partial charge in [0.2, 0.25) is 0 Å². The predicted molar refractivity (Wildman–Crippen MR) is 83.4 cm³/mol. The van der Waals surface area contributed by atoms with Crippen LogP contribution in [0.3, 0.4) is 0 Å². The Morgan fingerprint density at radius 3 is 2.83 bits per heavy atom. The molecule has 1 aliphatic heterocycles. The quantitative estimate of drug-likeness (QED) is 0.595. The zero-order valence-corrected chi connectivity index (χ0v) is 13.4. The highest BCUT2D eigenvalue weighted by Gasteiger charge is 2.17. The van der Waals surface area contributed by atoms with Crippen molar-refractivity contribution >= 4 is 21.1 Å². The van der Waals surface area contributed by atoms with Crippen LogP contribution in [0.4, 0.5) is 0 Å². The number of nitrogens with zero attached hydrogens (tertiary/aromatic N) is 1. The van der Waals surface area contributed by atoms with Crippen LogP contribution < -0.4 is 10.6 Å². The molecule has 1 aromatic heterocycles. The van der Waals surface area contributed by atoms with Crippen LogP contribution in [0, 0.1) is 0 Å². The molecule has 0 unspecified atom stereocenters. The molecule has 23 heavy (non-hydrogen) atoms. The Hall–Kier alpha value is -1.68. The first-order valence-corrected chi connectivity index (χ1v) is 9.02. The Labute approximate surface area is 133 Å². The summed E-state index contributed by atoms with van der Waals surface area (Å²) in [6.07, 6.45) is 3.60. The summed E-state index contributed by atoms with van der Waals surface area (Å²) in [6, 6.07) is 4.14. The lowest BCUT2D eigenvalue weighted by Gasteiger charge is -2.25. The van der Waals surface area contributed by atoms with Crippen LogP contribution in [0.15, 0.2) is 32.3 Å². The molecule has 0 radical (unpaired) electrons. The van der Waals surface area contributed by atoms with Gasteiger partial charge in [-0.3, -0.25) is 9.82 Å². The summed E-state index contributed by atoms with van der Waals surface area (Å²) in [4.78, 5) is 23.0.